The van der Waals surface area contributed by atoms with Gasteiger partial charge in [0.25, 0.3) is 0 Å². The van der Waals surface area contributed by atoms with Gasteiger partial charge in [-0.1, -0.05) is 0 Å². The second-order valence-corrected chi connectivity index (χ2v) is 9.98. The molecule has 0 aliphatic heterocycles. The molecular formula is C24H46Ca2CuO30. The molecule has 0 amide bonds. The molecule has 0 aliphatic rings. The number of hydrogen-bond donors (Lipinski definition) is 20. The summed E-state index contributed by atoms with van der Waals surface area (Å²) in [7, 11) is 0. The predicted octanol–water partition coefficient (Wildman–Crippen LogP) is -20.4. The molecule has 0 fully saturated rings. The van der Waals surface area contributed by atoms with Crippen LogP contribution < -0.4 is 20.4 Å². The minimum absolute atomic E-state index is 0. The summed E-state index contributed by atoms with van der Waals surface area (Å²) in [6.07, 6.45) is -32.3. The number of aliphatic hydroxyl groups excluding tert-OH is 20. The van der Waals surface area contributed by atoms with Crippen molar-refractivity contribution in [1.29, 1.82) is 0 Å². The summed E-state index contributed by atoms with van der Waals surface area (Å²) in [5, 5.41) is 214. The van der Waals surface area contributed by atoms with Crippen LogP contribution in [0, 0.1) is 0 Å². The third-order valence-corrected chi connectivity index (χ3v) is 5.98. The predicted molar refractivity (Wildman–Crippen MR) is 160 cm³/mol. The molecule has 337 valence electrons. The number of rotatable bonds is 20. The molecule has 0 rings (SSSR count). The van der Waals surface area contributed by atoms with Gasteiger partial charge in [0, 0.05) is 0 Å². The summed E-state index contributed by atoms with van der Waals surface area (Å²) in [6, 6.07) is 0. The number of carbonyl (C=O) groups is 4. The third-order valence-electron chi connectivity index (χ3n) is 5.98. The van der Waals surface area contributed by atoms with Crippen molar-refractivity contribution in [3.63, 3.8) is 0 Å². The van der Waals surface area contributed by atoms with E-state index in [2.05, 4.69) is 0 Å². The first kappa shape index (κ1) is 77.6. The van der Waals surface area contributed by atoms with Gasteiger partial charge < -0.3 is 153 Å². The Morgan fingerprint density at radius 1 is 0.316 bits per heavy atom. The van der Waals surface area contributed by atoms with Crippen molar-refractivity contribution in [3.8, 4) is 0 Å². The van der Waals surface area contributed by atoms with Gasteiger partial charge in [0.2, 0.25) is 0 Å². The van der Waals surface area contributed by atoms with Crippen LogP contribution in [0.15, 0.2) is 0 Å². The van der Waals surface area contributed by atoms with Gasteiger partial charge in [-0.3, -0.25) is 0 Å². The zero-order valence-electron chi connectivity index (χ0n) is 28.9. The maximum Gasteiger partial charge on any atom is 2.00 e. The van der Waals surface area contributed by atoms with Gasteiger partial charge in [-0.25, -0.2) is 0 Å². The molecule has 0 aromatic carbocycles. The average Bonchev–Trinajstić information content (AvgIpc) is 3.12. The summed E-state index contributed by atoms with van der Waals surface area (Å²) in [6.45, 7) is -3.45. The molecule has 1 radical (unpaired) electrons. The normalized spacial score (nSPS) is 18.6. The van der Waals surface area contributed by atoms with Crippen molar-refractivity contribution in [2.24, 2.45) is 0 Å². The quantitative estimate of drug-likeness (QED) is 0.0504. The Labute approximate surface area is 390 Å². The fourth-order valence-electron chi connectivity index (χ4n) is 2.65. The van der Waals surface area contributed by atoms with Gasteiger partial charge in [-0.05, 0) is 0 Å². The van der Waals surface area contributed by atoms with Gasteiger partial charge in [-0.15, -0.1) is 0 Å². The molecule has 30 nitrogen and oxygen atoms in total. The van der Waals surface area contributed by atoms with Crippen molar-refractivity contribution in [2.75, 3.05) is 26.4 Å². The van der Waals surface area contributed by atoms with Crippen molar-refractivity contribution in [1.82, 2.24) is 0 Å². The smallest absolute Gasteiger partial charge is 0.870 e. The monoisotopic (exact) mass is 957 g/mol. The maximum atomic E-state index is 9.98. The van der Waals surface area contributed by atoms with Crippen molar-refractivity contribution < 1.29 is 170 Å². The molecule has 0 heterocycles. The van der Waals surface area contributed by atoms with Crippen LogP contribution in [0.4, 0.5) is 0 Å². The van der Waals surface area contributed by atoms with Crippen LogP contribution >= 0.6 is 0 Å². The van der Waals surface area contributed by atoms with Gasteiger partial charge in [0.15, 0.2) is 0 Å². The third kappa shape index (κ3) is 31.5. The number of hydrogen-bond acceptors (Lipinski definition) is 30. The van der Waals surface area contributed by atoms with E-state index < -0.39 is 148 Å². The summed E-state index contributed by atoms with van der Waals surface area (Å²) in [5.74, 6) is -7.90. The van der Waals surface area contributed by atoms with E-state index in [0.29, 0.717) is 0 Å². The van der Waals surface area contributed by atoms with Crippen molar-refractivity contribution in [3.05, 3.63) is 0 Å². The van der Waals surface area contributed by atoms with Gasteiger partial charge in [0.05, 0.1) is 50.3 Å². The van der Waals surface area contributed by atoms with E-state index in [1.165, 1.54) is 0 Å². The molecule has 22 N–H and O–H groups in total. The van der Waals surface area contributed by atoms with Crippen molar-refractivity contribution >= 4 is 99.4 Å². The minimum Gasteiger partial charge on any atom is -0.870 e. The Morgan fingerprint density at radius 3 is 0.491 bits per heavy atom. The topological polar surface area (TPSA) is 625 Å². The Balaban J connectivity index is -0.0000000748. The molecule has 0 bridgehead atoms. The number of carbonyl (C=O) groups excluding carboxylic acids is 4. The largest absolute Gasteiger partial charge is 2.00 e. The molecular weight excluding hydrogens is 912 g/mol. The van der Waals surface area contributed by atoms with Gasteiger partial charge in [0.1, 0.15) is 97.7 Å². The Hall–Kier alpha value is 0.0390. The molecule has 0 saturated heterocycles. The number of carboxylic acids is 4. The summed E-state index contributed by atoms with van der Waals surface area (Å²) in [5.41, 5.74) is 0. The van der Waals surface area contributed by atoms with Crippen molar-refractivity contribution in [2.45, 2.75) is 97.7 Å². The van der Waals surface area contributed by atoms with Gasteiger partial charge in [-0.2, -0.15) is 0 Å². The van der Waals surface area contributed by atoms with E-state index in [-0.39, 0.29) is 103 Å². The summed E-state index contributed by atoms with van der Waals surface area (Å²) < 4.78 is 0. The van der Waals surface area contributed by atoms with Crippen LogP contribution in [-0.4, -0.2) is 337 Å². The fraction of sp³-hybridized carbons (Fsp3) is 0.833. The first-order chi connectivity index (χ1) is 23.7. The van der Waals surface area contributed by atoms with Crippen LogP contribution in [-0.2, 0) is 36.2 Å². The standard InChI is InChI=1S/4C6H12O7.2Ca.Cu.2H2O/c4*7-1-2(8)3(9)4(10)5(11)6(12)13;;;;;/h4*2-5,7-11H,1H2,(H,12,13);;;;2*1H2/q;;;;3*+2;;/p-6/t4*2-,3-,4+,5-;;;;;/m1111...../s1. The van der Waals surface area contributed by atoms with E-state index in [0.717, 1.165) is 0 Å². The van der Waals surface area contributed by atoms with Gasteiger partial charge >= 0.3 is 92.5 Å². The number of aliphatic carboxylic acids is 4. The van der Waals surface area contributed by atoms with Crippen LogP contribution in [0.1, 0.15) is 0 Å². The molecule has 57 heavy (non-hydrogen) atoms. The second-order valence-electron chi connectivity index (χ2n) is 9.98. The molecule has 0 aromatic rings. The average molecular weight is 958 g/mol. The zero-order valence-corrected chi connectivity index (χ0v) is 34.2. The first-order valence-corrected chi connectivity index (χ1v) is 13.8. The minimum atomic E-state index is -2.31. The Kier molecular flexibility index (Phi) is 56.4. The summed E-state index contributed by atoms with van der Waals surface area (Å²) in [4.78, 5) is 39.9. The maximum absolute atomic E-state index is 9.98. The van der Waals surface area contributed by atoms with E-state index in [1.807, 2.05) is 0 Å². The van der Waals surface area contributed by atoms with Crippen LogP contribution in [0.3, 0.4) is 0 Å². The molecule has 0 unspecified atom stereocenters. The molecule has 0 saturated carbocycles. The molecule has 0 aliphatic carbocycles. The van der Waals surface area contributed by atoms with Crippen LogP contribution in [0.25, 0.3) is 0 Å². The summed E-state index contributed by atoms with van der Waals surface area (Å²) >= 11 is 0. The zero-order chi connectivity index (χ0) is 42.4. The number of carboxylic acid groups (broad SMARTS) is 4. The van der Waals surface area contributed by atoms with E-state index in [4.69, 9.17) is 102 Å². The first-order valence-electron chi connectivity index (χ1n) is 13.8. The fourth-order valence-corrected chi connectivity index (χ4v) is 2.65. The SMILES string of the molecule is O=C([O-])[C@H](O)[C@@H](O)[C@H](O)[C@H](O)CO.O=C([O-])[C@H](O)[C@@H](O)[C@H](O)[C@H](O)CO.O=C([O-])[C@H](O)[C@@H](O)[C@H](O)[C@H](O)CO.O=C([O-])[C@H](O)[C@@H](O)[C@H](O)[C@H](O)CO.[Ca+2].[Ca+2].[Cu+2].[OH-].[OH-]. The van der Waals surface area contributed by atoms with Crippen LogP contribution in [0.5, 0.6) is 0 Å². The molecule has 33 heteroatoms. The number of aliphatic hydroxyl groups is 20. The molecule has 0 aromatic heterocycles. The molecule has 0 spiro atoms. The molecule has 16 atom stereocenters. The Morgan fingerprint density at radius 2 is 0.421 bits per heavy atom. The Bertz CT molecular complexity index is 855. The second kappa shape index (κ2) is 41.4. The van der Waals surface area contributed by atoms with E-state index in [1.54, 1.807) is 0 Å². The van der Waals surface area contributed by atoms with E-state index in [9.17, 15) is 39.6 Å². The van der Waals surface area contributed by atoms with Crippen LogP contribution in [0.2, 0.25) is 0 Å². The van der Waals surface area contributed by atoms with E-state index >= 15 is 0 Å².